The predicted molar refractivity (Wildman–Crippen MR) is 145 cm³/mol. The average Bonchev–Trinajstić information content (AvgIpc) is 3.30. The number of hydrogen-bond donors (Lipinski definition) is 0. The van der Waals surface area contributed by atoms with Crippen LogP contribution in [0.4, 0.5) is 0 Å². The number of rotatable bonds is 8. The molecule has 2 heterocycles. The van der Waals surface area contributed by atoms with Crippen LogP contribution in [0.2, 0.25) is 0 Å². The smallest absolute Gasteiger partial charge is 0.271 e. The van der Waals surface area contributed by atoms with Crippen LogP contribution in [0.3, 0.4) is 0 Å². The van der Waals surface area contributed by atoms with E-state index in [1.54, 1.807) is 19.1 Å². The molecule has 1 amide bonds. The van der Waals surface area contributed by atoms with Crippen LogP contribution in [0.1, 0.15) is 68.4 Å². The fraction of sp³-hybridized carbons (Fsp3) is 0.484. The van der Waals surface area contributed by atoms with Crippen LogP contribution in [-0.4, -0.2) is 40.9 Å². The third kappa shape index (κ3) is 4.51. The number of ether oxygens (including phenoxy) is 2. The number of carbonyl (C=O) groups is 2. The Bertz CT molecular complexity index is 1300. The molecule has 1 aliphatic heterocycles. The van der Waals surface area contributed by atoms with Crippen molar-refractivity contribution in [2.24, 2.45) is 11.8 Å². The molecule has 0 spiro atoms. The lowest BCUT2D eigenvalue weighted by Gasteiger charge is -2.44. The summed E-state index contributed by atoms with van der Waals surface area (Å²) in [7, 11) is 3.25. The Kier molecular flexibility index (Phi) is 7.02. The molecule has 3 unspecified atom stereocenters. The molecule has 0 bridgehead atoms. The lowest BCUT2D eigenvalue weighted by Crippen LogP contribution is -2.60. The third-order valence-corrected chi connectivity index (χ3v) is 8.76. The summed E-state index contributed by atoms with van der Waals surface area (Å²) in [5, 5.41) is 0.817. The number of carbonyl (C=O) groups excluding carboxylic acids is 2. The molecule has 2 aromatic carbocycles. The molecule has 1 aromatic heterocycles. The Morgan fingerprint density at radius 1 is 1.03 bits per heavy atom. The standard InChI is InChI=1S/C31H38N2O4/c1-21-10-8-9-13-23(21)14-17-28(34)31(2)20-32-25(30(35)33(31)19-22-11-6-5-7-12-22)18-24-26(36-3)15-16-27(37-4)29(24)32/h5-7,11-12,15-16,18,21,23H,8-10,13-14,17,19-20H2,1-4H3. The van der Waals surface area contributed by atoms with Gasteiger partial charge in [0.25, 0.3) is 5.91 Å². The molecule has 0 saturated heterocycles. The molecule has 2 aliphatic rings. The van der Waals surface area contributed by atoms with E-state index >= 15 is 0 Å². The van der Waals surface area contributed by atoms with Gasteiger partial charge in [0.15, 0.2) is 5.78 Å². The zero-order valence-electron chi connectivity index (χ0n) is 22.5. The molecule has 1 saturated carbocycles. The predicted octanol–water partition coefficient (Wildman–Crippen LogP) is 6.25. The molecule has 5 rings (SSSR count). The fourth-order valence-corrected chi connectivity index (χ4v) is 6.42. The van der Waals surface area contributed by atoms with Crippen LogP contribution in [0.15, 0.2) is 48.5 Å². The van der Waals surface area contributed by atoms with E-state index in [0.717, 1.165) is 22.9 Å². The first-order valence-corrected chi connectivity index (χ1v) is 13.5. The molecule has 3 atom stereocenters. The summed E-state index contributed by atoms with van der Waals surface area (Å²) >= 11 is 0. The monoisotopic (exact) mass is 502 g/mol. The second kappa shape index (κ2) is 10.2. The van der Waals surface area contributed by atoms with E-state index in [-0.39, 0.29) is 11.7 Å². The van der Waals surface area contributed by atoms with Gasteiger partial charge in [0, 0.05) is 18.4 Å². The van der Waals surface area contributed by atoms with E-state index in [1.807, 2.05) is 60.0 Å². The number of benzene rings is 2. The second-order valence-corrected chi connectivity index (χ2v) is 11.0. The maximum atomic E-state index is 14.1. The molecular formula is C31H38N2O4. The Hall–Kier alpha value is -3.28. The first-order valence-electron chi connectivity index (χ1n) is 13.5. The lowest BCUT2D eigenvalue weighted by molar-refractivity contribution is -0.131. The minimum atomic E-state index is -0.974. The number of methoxy groups -OCH3 is 2. The molecule has 6 nitrogen and oxygen atoms in total. The SMILES string of the molecule is COc1ccc(OC)c2c1cc1n2CC(C)(C(=O)CCC2CCCCC2C)N(Cc2ccccc2)C1=O. The molecule has 0 N–H and O–H groups in total. The first-order chi connectivity index (χ1) is 17.9. The molecule has 196 valence electrons. The number of Topliss-reactive ketones (excluding diaryl/α,β-unsaturated/α-hetero) is 1. The lowest BCUT2D eigenvalue weighted by atomic mass is 9.76. The normalized spacial score (nSPS) is 23.7. The van der Waals surface area contributed by atoms with Crippen molar-refractivity contribution in [1.29, 1.82) is 0 Å². The van der Waals surface area contributed by atoms with E-state index in [9.17, 15) is 9.59 Å². The van der Waals surface area contributed by atoms with Crippen molar-refractivity contribution in [3.05, 3.63) is 59.8 Å². The number of hydrogen-bond acceptors (Lipinski definition) is 4. The van der Waals surface area contributed by atoms with Crippen molar-refractivity contribution in [3.8, 4) is 11.5 Å². The molecule has 1 fully saturated rings. The number of nitrogens with zero attached hydrogens (tertiary/aromatic N) is 2. The van der Waals surface area contributed by atoms with Gasteiger partial charge in [-0.05, 0) is 48.9 Å². The summed E-state index contributed by atoms with van der Waals surface area (Å²) in [6.45, 7) is 5.03. The number of aromatic nitrogens is 1. The van der Waals surface area contributed by atoms with Crippen molar-refractivity contribution < 1.29 is 19.1 Å². The van der Waals surface area contributed by atoms with Crippen molar-refractivity contribution in [1.82, 2.24) is 9.47 Å². The molecule has 3 aromatic rings. The van der Waals surface area contributed by atoms with E-state index in [2.05, 4.69) is 6.92 Å². The zero-order chi connectivity index (χ0) is 26.2. The number of fused-ring (bicyclic) bond motifs is 3. The minimum Gasteiger partial charge on any atom is -0.496 e. The highest BCUT2D eigenvalue weighted by molar-refractivity contribution is 6.06. The van der Waals surface area contributed by atoms with Crippen molar-refractivity contribution in [3.63, 3.8) is 0 Å². The van der Waals surface area contributed by atoms with Gasteiger partial charge in [-0.25, -0.2) is 0 Å². The minimum absolute atomic E-state index is 0.129. The van der Waals surface area contributed by atoms with Gasteiger partial charge in [-0.15, -0.1) is 0 Å². The average molecular weight is 503 g/mol. The summed E-state index contributed by atoms with van der Waals surface area (Å²) in [4.78, 5) is 30.0. The fourth-order valence-electron chi connectivity index (χ4n) is 6.42. The van der Waals surface area contributed by atoms with Crippen molar-refractivity contribution in [2.75, 3.05) is 14.2 Å². The first kappa shape index (κ1) is 25.4. The van der Waals surface area contributed by atoms with Crippen LogP contribution in [-0.2, 0) is 17.9 Å². The van der Waals surface area contributed by atoms with Gasteiger partial charge in [-0.2, -0.15) is 0 Å². The van der Waals surface area contributed by atoms with Gasteiger partial charge in [-0.3, -0.25) is 9.59 Å². The van der Waals surface area contributed by atoms with E-state index in [4.69, 9.17) is 9.47 Å². The number of ketones is 1. The van der Waals surface area contributed by atoms with Crippen LogP contribution < -0.4 is 9.47 Å². The highest BCUT2D eigenvalue weighted by atomic mass is 16.5. The van der Waals surface area contributed by atoms with Gasteiger partial charge in [0.2, 0.25) is 0 Å². The second-order valence-electron chi connectivity index (χ2n) is 11.0. The van der Waals surface area contributed by atoms with Gasteiger partial charge < -0.3 is 18.9 Å². The van der Waals surface area contributed by atoms with Crippen LogP contribution >= 0.6 is 0 Å². The zero-order valence-corrected chi connectivity index (χ0v) is 22.5. The summed E-state index contributed by atoms with van der Waals surface area (Å²) in [6, 6.07) is 15.5. The Balaban J connectivity index is 1.56. The Labute approximate surface area is 219 Å². The molecule has 0 radical (unpaired) electrons. The summed E-state index contributed by atoms with van der Waals surface area (Å²) in [5.74, 6) is 2.56. The number of amides is 1. The van der Waals surface area contributed by atoms with Gasteiger partial charge in [0.05, 0.1) is 26.3 Å². The topological polar surface area (TPSA) is 60.8 Å². The summed E-state index contributed by atoms with van der Waals surface area (Å²) in [5.41, 5.74) is 1.39. The van der Waals surface area contributed by atoms with Crippen LogP contribution in [0.5, 0.6) is 11.5 Å². The maximum absolute atomic E-state index is 14.1. The van der Waals surface area contributed by atoms with Crippen LogP contribution in [0.25, 0.3) is 10.9 Å². The molecule has 6 heteroatoms. The van der Waals surface area contributed by atoms with E-state index in [1.165, 1.54) is 25.7 Å². The Morgan fingerprint density at radius 2 is 1.73 bits per heavy atom. The molecular weight excluding hydrogens is 464 g/mol. The highest BCUT2D eigenvalue weighted by Gasteiger charge is 2.47. The Morgan fingerprint density at radius 3 is 2.43 bits per heavy atom. The van der Waals surface area contributed by atoms with Crippen LogP contribution in [0, 0.1) is 11.8 Å². The highest BCUT2D eigenvalue weighted by Crippen LogP contribution is 2.41. The maximum Gasteiger partial charge on any atom is 0.271 e. The largest absolute Gasteiger partial charge is 0.496 e. The van der Waals surface area contributed by atoms with Crippen molar-refractivity contribution >= 4 is 22.6 Å². The van der Waals surface area contributed by atoms with E-state index in [0.29, 0.717) is 48.5 Å². The summed E-state index contributed by atoms with van der Waals surface area (Å²) in [6.07, 6.45) is 6.35. The van der Waals surface area contributed by atoms with E-state index < -0.39 is 5.54 Å². The third-order valence-electron chi connectivity index (χ3n) is 8.76. The molecule has 1 aliphatic carbocycles. The van der Waals surface area contributed by atoms with Gasteiger partial charge in [0.1, 0.15) is 22.7 Å². The van der Waals surface area contributed by atoms with Gasteiger partial charge >= 0.3 is 0 Å². The summed E-state index contributed by atoms with van der Waals surface area (Å²) < 4.78 is 13.3. The quantitative estimate of drug-likeness (QED) is 0.365. The molecule has 37 heavy (non-hydrogen) atoms. The van der Waals surface area contributed by atoms with Crippen molar-refractivity contribution in [2.45, 2.75) is 71.0 Å². The van der Waals surface area contributed by atoms with Gasteiger partial charge in [-0.1, -0.05) is 62.9 Å².